The summed E-state index contributed by atoms with van der Waals surface area (Å²) in [5, 5.41) is 0. The molecule has 0 bridgehead atoms. The van der Waals surface area contributed by atoms with Crippen LogP contribution in [0.4, 0.5) is 0 Å². The maximum Gasteiger partial charge on any atom is 0.123 e. The molecule has 0 aliphatic carbocycles. The summed E-state index contributed by atoms with van der Waals surface area (Å²) in [6.45, 7) is 8.51. The summed E-state index contributed by atoms with van der Waals surface area (Å²) in [6, 6.07) is 6.37. The highest BCUT2D eigenvalue weighted by Crippen LogP contribution is 2.36. The zero-order valence-corrected chi connectivity index (χ0v) is 11.1. The van der Waals surface area contributed by atoms with Crippen LogP contribution in [0.25, 0.3) is 0 Å². The Morgan fingerprint density at radius 3 is 2.27 bits per heavy atom. The highest BCUT2D eigenvalue weighted by atomic mass is 32.1. The van der Waals surface area contributed by atoms with E-state index in [1.54, 1.807) is 7.11 Å². The molecule has 0 spiro atoms. The number of methoxy groups -OCH3 is 1. The van der Waals surface area contributed by atoms with Crippen LogP contribution in [0.5, 0.6) is 5.75 Å². The zero-order chi connectivity index (χ0) is 11.6. The van der Waals surface area contributed by atoms with Crippen molar-refractivity contribution in [3.05, 3.63) is 29.3 Å². The van der Waals surface area contributed by atoms with Crippen molar-refractivity contribution in [3.8, 4) is 5.75 Å². The summed E-state index contributed by atoms with van der Waals surface area (Å²) in [5.74, 6) is 1.46. The van der Waals surface area contributed by atoms with Crippen LogP contribution in [0.2, 0.25) is 0 Å². The Morgan fingerprint density at radius 1 is 1.27 bits per heavy atom. The fourth-order valence-corrected chi connectivity index (χ4v) is 1.76. The molecule has 0 aliphatic rings. The minimum atomic E-state index is -0.166. The van der Waals surface area contributed by atoms with Gasteiger partial charge in [0.2, 0.25) is 0 Å². The summed E-state index contributed by atoms with van der Waals surface area (Å²) < 4.78 is 5.25. The molecule has 0 saturated heterocycles. The summed E-state index contributed by atoms with van der Waals surface area (Å²) in [5.41, 5.74) is 2.44. The van der Waals surface area contributed by atoms with E-state index in [9.17, 15) is 0 Å². The molecule has 0 fully saturated rings. The van der Waals surface area contributed by atoms with Crippen LogP contribution in [0.1, 0.15) is 44.7 Å². The van der Waals surface area contributed by atoms with E-state index in [0.29, 0.717) is 5.92 Å². The molecule has 0 heterocycles. The predicted octanol–water partition coefficient (Wildman–Crippen LogP) is 3.98. The van der Waals surface area contributed by atoms with Crippen LogP contribution in [0.3, 0.4) is 0 Å². The van der Waals surface area contributed by atoms with Gasteiger partial charge in [0, 0.05) is 10.3 Å². The third kappa shape index (κ3) is 2.91. The first-order valence-corrected chi connectivity index (χ1v) is 5.71. The van der Waals surface area contributed by atoms with E-state index in [1.807, 2.05) is 0 Å². The lowest BCUT2D eigenvalue weighted by molar-refractivity contribution is 0.405. The molecule has 1 aromatic carbocycles. The van der Waals surface area contributed by atoms with Crippen LogP contribution in [-0.4, -0.2) is 7.11 Å². The standard InChI is InChI=1S/C13H20OS/c1-9(2)10-6-7-11(13(3,4)15)12(8-10)14-5/h6-9,15H,1-5H3. The zero-order valence-electron chi connectivity index (χ0n) is 10.2. The molecule has 15 heavy (non-hydrogen) atoms. The Balaban J connectivity index is 3.21. The topological polar surface area (TPSA) is 9.23 Å². The number of hydrogen-bond donors (Lipinski definition) is 1. The average molecular weight is 224 g/mol. The smallest absolute Gasteiger partial charge is 0.123 e. The predicted molar refractivity (Wildman–Crippen MR) is 69.1 cm³/mol. The van der Waals surface area contributed by atoms with Crippen molar-refractivity contribution in [2.24, 2.45) is 0 Å². The van der Waals surface area contributed by atoms with Gasteiger partial charge < -0.3 is 4.74 Å². The van der Waals surface area contributed by atoms with E-state index < -0.39 is 0 Å². The van der Waals surface area contributed by atoms with E-state index in [0.717, 1.165) is 11.3 Å². The van der Waals surface area contributed by atoms with Crippen LogP contribution in [-0.2, 0) is 4.75 Å². The van der Waals surface area contributed by atoms with Crippen LogP contribution < -0.4 is 4.74 Å². The molecule has 0 saturated carbocycles. The second-order valence-corrected chi connectivity index (χ2v) is 5.79. The SMILES string of the molecule is COc1cc(C(C)C)ccc1C(C)(C)S. The van der Waals surface area contributed by atoms with Crippen LogP contribution in [0, 0.1) is 0 Å². The number of thiol groups is 1. The van der Waals surface area contributed by atoms with E-state index >= 15 is 0 Å². The minimum absolute atomic E-state index is 0.166. The first-order valence-electron chi connectivity index (χ1n) is 5.27. The first kappa shape index (κ1) is 12.4. The molecule has 0 atom stereocenters. The van der Waals surface area contributed by atoms with E-state index in [2.05, 4.69) is 58.5 Å². The quantitative estimate of drug-likeness (QED) is 0.764. The molecule has 0 aromatic heterocycles. The van der Waals surface area contributed by atoms with Gasteiger partial charge in [0.15, 0.2) is 0 Å². The molecular formula is C13H20OS. The molecule has 0 aliphatic heterocycles. The van der Waals surface area contributed by atoms with E-state index in [-0.39, 0.29) is 4.75 Å². The number of rotatable bonds is 3. The fourth-order valence-electron chi connectivity index (χ4n) is 1.57. The average Bonchev–Trinajstić information content (AvgIpc) is 2.15. The van der Waals surface area contributed by atoms with Gasteiger partial charge in [-0.25, -0.2) is 0 Å². The van der Waals surface area contributed by atoms with Crippen molar-refractivity contribution in [1.29, 1.82) is 0 Å². The second kappa shape index (κ2) is 4.48. The third-order valence-electron chi connectivity index (χ3n) is 2.55. The summed E-state index contributed by atoms with van der Waals surface area (Å²) >= 11 is 4.57. The van der Waals surface area contributed by atoms with Crippen molar-refractivity contribution in [1.82, 2.24) is 0 Å². The van der Waals surface area contributed by atoms with Crippen molar-refractivity contribution in [2.75, 3.05) is 7.11 Å². The van der Waals surface area contributed by atoms with Crippen molar-refractivity contribution in [2.45, 2.75) is 38.4 Å². The van der Waals surface area contributed by atoms with Gasteiger partial charge in [0.05, 0.1) is 7.11 Å². The molecule has 0 unspecified atom stereocenters. The van der Waals surface area contributed by atoms with Crippen LogP contribution >= 0.6 is 12.6 Å². The molecule has 1 rings (SSSR count). The lowest BCUT2D eigenvalue weighted by Gasteiger charge is -2.22. The molecular weight excluding hydrogens is 204 g/mol. The Morgan fingerprint density at radius 2 is 1.87 bits per heavy atom. The van der Waals surface area contributed by atoms with Gasteiger partial charge in [-0.2, -0.15) is 12.6 Å². The van der Waals surface area contributed by atoms with Crippen molar-refractivity contribution >= 4 is 12.6 Å². The molecule has 84 valence electrons. The van der Waals surface area contributed by atoms with E-state index in [1.165, 1.54) is 5.56 Å². The van der Waals surface area contributed by atoms with Crippen LogP contribution in [0.15, 0.2) is 18.2 Å². The monoisotopic (exact) mass is 224 g/mol. The van der Waals surface area contributed by atoms with Crippen molar-refractivity contribution < 1.29 is 4.74 Å². The maximum absolute atomic E-state index is 5.41. The highest BCUT2D eigenvalue weighted by Gasteiger charge is 2.20. The lowest BCUT2D eigenvalue weighted by Crippen LogP contribution is -2.10. The highest BCUT2D eigenvalue weighted by molar-refractivity contribution is 7.81. The summed E-state index contributed by atoms with van der Waals surface area (Å²) in [4.78, 5) is 0. The number of ether oxygens (including phenoxy) is 1. The minimum Gasteiger partial charge on any atom is -0.496 e. The van der Waals surface area contributed by atoms with Gasteiger partial charge in [0.1, 0.15) is 5.75 Å². The lowest BCUT2D eigenvalue weighted by atomic mass is 9.95. The molecule has 2 heteroatoms. The molecule has 0 radical (unpaired) electrons. The van der Waals surface area contributed by atoms with Gasteiger partial charge in [-0.15, -0.1) is 0 Å². The van der Waals surface area contributed by atoms with Gasteiger partial charge in [-0.1, -0.05) is 26.0 Å². The van der Waals surface area contributed by atoms with Crippen molar-refractivity contribution in [3.63, 3.8) is 0 Å². The second-order valence-electron chi connectivity index (χ2n) is 4.67. The number of hydrogen-bond acceptors (Lipinski definition) is 2. The summed E-state index contributed by atoms with van der Waals surface area (Å²) in [7, 11) is 1.71. The third-order valence-corrected chi connectivity index (χ3v) is 2.79. The fraction of sp³-hybridized carbons (Fsp3) is 0.538. The molecule has 0 amide bonds. The van der Waals surface area contributed by atoms with Gasteiger partial charge >= 0.3 is 0 Å². The molecule has 1 nitrogen and oxygen atoms in total. The normalized spacial score (nSPS) is 11.9. The largest absolute Gasteiger partial charge is 0.496 e. The van der Waals surface area contributed by atoms with Gasteiger partial charge in [-0.3, -0.25) is 0 Å². The molecule has 0 N–H and O–H groups in total. The first-order chi connectivity index (χ1) is 6.86. The Bertz CT molecular complexity index is 337. The maximum atomic E-state index is 5.41. The van der Waals surface area contributed by atoms with Gasteiger partial charge in [-0.05, 0) is 31.4 Å². The molecule has 1 aromatic rings. The Hall–Kier alpha value is -0.630. The van der Waals surface area contributed by atoms with Gasteiger partial charge in [0.25, 0.3) is 0 Å². The van der Waals surface area contributed by atoms with E-state index in [4.69, 9.17) is 4.74 Å². The summed E-state index contributed by atoms with van der Waals surface area (Å²) in [6.07, 6.45) is 0. The number of benzene rings is 1. The Kier molecular flexibility index (Phi) is 3.72. The Labute approximate surface area is 98.3 Å².